The maximum atomic E-state index is 11.8. The van der Waals surface area contributed by atoms with Crippen molar-refractivity contribution in [2.75, 3.05) is 19.8 Å². The van der Waals surface area contributed by atoms with Crippen molar-refractivity contribution in [3.8, 4) is 5.75 Å². The Bertz CT molecular complexity index is 264. The van der Waals surface area contributed by atoms with E-state index in [0.717, 1.165) is 18.8 Å². The summed E-state index contributed by atoms with van der Waals surface area (Å²) < 4.78 is 17.1. The number of pyridine rings is 1. The first kappa shape index (κ1) is 11.9. The van der Waals surface area contributed by atoms with Crippen LogP contribution in [0.2, 0.25) is 0 Å². The van der Waals surface area contributed by atoms with Gasteiger partial charge in [-0.2, -0.15) is 0 Å². The molecule has 0 radical (unpaired) electrons. The Morgan fingerprint density at radius 2 is 2.33 bits per heavy atom. The summed E-state index contributed by atoms with van der Waals surface area (Å²) in [6, 6.07) is 3.77. The molecule has 1 aromatic heterocycles. The molecule has 1 heterocycles. The van der Waals surface area contributed by atoms with E-state index in [0.29, 0.717) is 18.8 Å². The third-order valence-corrected chi connectivity index (χ3v) is 1.90. The third-order valence-electron chi connectivity index (χ3n) is 1.90. The molecule has 0 spiro atoms. The van der Waals surface area contributed by atoms with Crippen LogP contribution in [0, 0.1) is 0 Å². The number of nitrogens with one attached hydrogen (secondary N) is 1. The lowest BCUT2D eigenvalue weighted by Crippen LogP contribution is -2.12. The first-order valence-corrected chi connectivity index (χ1v) is 5.21. The number of halogens is 1. The molecule has 0 bridgehead atoms. The van der Waals surface area contributed by atoms with Gasteiger partial charge in [-0.15, -0.1) is 0 Å². The lowest BCUT2D eigenvalue weighted by Gasteiger charge is -2.05. The number of rotatable bonds is 7. The molecule has 0 aliphatic rings. The highest BCUT2D eigenvalue weighted by atomic mass is 19.1. The fourth-order valence-corrected chi connectivity index (χ4v) is 1.10. The van der Waals surface area contributed by atoms with Gasteiger partial charge in [0.1, 0.15) is 5.75 Å². The normalized spacial score (nSPS) is 10.3. The molecule has 15 heavy (non-hydrogen) atoms. The van der Waals surface area contributed by atoms with Gasteiger partial charge in [-0.1, -0.05) is 6.92 Å². The molecule has 0 saturated carbocycles. The van der Waals surface area contributed by atoms with Gasteiger partial charge < -0.3 is 10.1 Å². The van der Waals surface area contributed by atoms with Gasteiger partial charge in [0.05, 0.1) is 25.2 Å². The van der Waals surface area contributed by atoms with E-state index in [4.69, 9.17) is 4.74 Å². The lowest BCUT2D eigenvalue weighted by atomic mass is 10.3. The predicted molar refractivity (Wildman–Crippen MR) is 57.7 cm³/mol. The van der Waals surface area contributed by atoms with Crippen molar-refractivity contribution in [3.63, 3.8) is 0 Å². The average molecular weight is 212 g/mol. The summed E-state index contributed by atoms with van der Waals surface area (Å²) in [4.78, 5) is 4.21. The minimum atomic E-state index is -0.341. The third kappa shape index (κ3) is 4.74. The van der Waals surface area contributed by atoms with Gasteiger partial charge in [-0.3, -0.25) is 9.37 Å². The van der Waals surface area contributed by atoms with Gasteiger partial charge in [-0.05, 0) is 18.7 Å². The molecule has 0 aliphatic carbocycles. The van der Waals surface area contributed by atoms with Crippen LogP contribution in [-0.4, -0.2) is 24.8 Å². The SMILES string of the molecule is CCNCc1ccc(OCCCF)cn1. The topological polar surface area (TPSA) is 34.1 Å². The summed E-state index contributed by atoms with van der Waals surface area (Å²) in [5.74, 6) is 0.698. The van der Waals surface area contributed by atoms with Gasteiger partial charge in [-0.25, -0.2) is 0 Å². The maximum Gasteiger partial charge on any atom is 0.137 e. The van der Waals surface area contributed by atoms with Crippen LogP contribution in [0.1, 0.15) is 19.0 Å². The van der Waals surface area contributed by atoms with Crippen LogP contribution < -0.4 is 10.1 Å². The van der Waals surface area contributed by atoms with Crippen LogP contribution in [0.4, 0.5) is 4.39 Å². The molecule has 0 saturated heterocycles. The van der Waals surface area contributed by atoms with Crippen molar-refractivity contribution in [3.05, 3.63) is 24.0 Å². The second kappa shape index (κ2) is 7.17. The Labute approximate surface area is 89.7 Å². The van der Waals surface area contributed by atoms with Crippen LogP contribution in [0.15, 0.2) is 18.3 Å². The fourth-order valence-electron chi connectivity index (χ4n) is 1.10. The van der Waals surface area contributed by atoms with Crippen LogP contribution >= 0.6 is 0 Å². The van der Waals surface area contributed by atoms with Crippen molar-refractivity contribution in [1.82, 2.24) is 10.3 Å². The minimum absolute atomic E-state index is 0.341. The fraction of sp³-hybridized carbons (Fsp3) is 0.545. The number of hydrogen-bond donors (Lipinski definition) is 1. The molecule has 0 atom stereocenters. The van der Waals surface area contributed by atoms with E-state index < -0.39 is 0 Å². The summed E-state index contributed by atoms with van der Waals surface area (Å²) in [7, 11) is 0. The van der Waals surface area contributed by atoms with Crippen LogP contribution in [0.5, 0.6) is 5.75 Å². The molecular formula is C11H17FN2O. The van der Waals surface area contributed by atoms with E-state index in [-0.39, 0.29) is 6.67 Å². The van der Waals surface area contributed by atoms with Crippen LogP contribution in [-0.2, 0) is 6.54 Å². The van der Waals surface area contributed by atoms with E-state index in [1.54, 1.807) is 6.20 Å². The highest BCUT2D eigenvalue weighted by Crippen LogP contribution is 2.09. The van der Waals surface area contributed by atoms with Gasteiger partial charge in [0.15, 0.2) is 0 Å². The number of ether oxygens (including phenoxy) is 1. The summed E-state index contributed by atoms with van der Waals surface area (Å²) in [6.07, 6.45) is 2.10. The molecule has 0 aliphatic heterocycles. The van der Waals surface area contributed by atoms with E-state index in [9.17, 15) is 4.39 Å². The number of nitrogens with zero attached hydrogens (tertiary/aromatic N) is 1. The first-order chi connectivity index (χ1) is 7.36. The Kier molecular flexibility index (Phi) is 5.70. The Morgan fingerprint density at radius 3 is 2.93 bits per heavy atom. The van der Waals surface area contributed by atoms with E-state index in [2.05, 4.69) is 17.2 Å². The molecule has 0 amide bonds. The van der Waals surface area contributed by atoms with Gasteiger partial charge in [0.2, 0.25) is 0 Å². The molecule has 0 aromatic carbocycles. The summed E-state index contributed by atoms with van der Waals surface area (Å²) in [5, 5.41) is 3.18. The second-order valence-corrected chi connectivity index (χ2v) is 3.16. The first-order valence-electron chi connectivity index (χ1n) is 5.21. The zero-order valence-electron chi connectivity index (χ0n) is 9.00. The Morgan fingerprint density at radius 1 is 1.47 bits per heavy atom. The average Bonchev–Trinajstić information content (AvgIpc) is 2.28. The lowest BCUT2D eigenvalue weighted by molar-refractivity contribution is 0.288. The van der Waals surface area contributed by atoms with E-state index in [1.807, 2.05) is 12.1 Å². The maximum absolute atomic E-state index is 11.8. The zero-order chi connectivity index (χ0) is 10.9. The standard InChI is InChI=1S/C11H17FN2O/c1-2-13-8-10-4-5-11(9-14-10)15-7-3-6-12/h4-5,9,13H,2-3,6-8H2,1H3. The predicted octanol–water partition coefficient (Wildman–Crippen LogP) is 1.93. The molecule has 0 unspecified atom stereocenters. The summed E-state index contributed by atoms with van der Waals surface area (Å²) >= 11 is 0. The Hall–Kier alpha value is -1.16. The van der Waals surface area contributed by atoms with Crippen LogP contribution in [0.25, 0.3) is 0 Å². The molecular weight excluding hydrogens is 195 g/mol. The highest BCUT2D eigenvalue weighted by Gasteiger charge is 1.96. The molecule has 4 heteroatoms. The van der Waals surface area contributed by atoms with Gasteiger partial charge in [0, 0.05) is 13.0 Å². The number of hydrogen-bond acceptors (Lipinski definition) is 3. The van der Waals surface area contributed by atoms with Gasteiger partial charge in [0.25, 0.3) is 0 Å². The summed E-state index contributed by atoms with van der Waals surface area (Å²) in [6.45, 7) is 3.81. The van der Waals surface area contributed by atoms with E-state index in [1.165, 1.54) is 0 Å². The smallest absolute Gasteiger partial charge is 0.137 e. The molecule has 1 N–H and O–H groups in total. The quantitative estimate of drug-likeness (QED) is 0.701. The van der Waals surface area contributed by atoms with E-state index >= 15 is 0 Å². The molecule has 0 fully saturated rings. The van der Waals surface area contributed by atoms with Crippen LogP contribution in [0.3, 0.4) is 0 Å². The number of aromatic nitrogens is 1. The number of alkyl halides is 1. The summed E-state index contributed by atoms with van der Waals surface area (Å²) in [5.41, 5.74) is 0.981. The molecule has 84 valence electrons. The highest BCUT2D eigenvalue weighted by molar-refractivity contribution is 5.19. The van der Waals surface area contributed by atoms with Crippen molar-refractivity contribution in [2.24, 2.45) is 0 Å². The zero-order valence-corrected chi connectivity index (χ0v) is 9.00. The second-order valence-electron chi connectivity index (χ2n) is 3.16. The minimum Gasteiger partial charge on any atom is -0.492 e. The largest absolute Gasteiger partial charge is 0.492 e. The Balaban J connectivity index is 2.35. The molecule has 3 nitrogen and oxygen atoms in total. The monoisotopic (exact) mass is 212 g/mol. The van der Waals surface area contributed by atoms with Crippen molar-refractivity contribution in [2.45, 2.75) is 19.9 Å². The molecule has 1 rings (SSSR count). The van der Waals surface area contributed by atoms with Crippen molar-refractivity contribution < 1.29 is 9.13 Å². The molecule has 1 aromatic rings. The van der Waals surface area contributed by atoms with Crippen molar-refractivity contribution >= 4 is 0 Å². The van der Waals surface area contributed by atoms with Crippen molar-refractivity contribution in [1.29, 1.82) is 0 Å². The van der Waals surface area contributed by atoms with Gasteiger partial charge >= 0.3 is 0 Å².